The number of fused-ring (bicyclic) bond motifs is 1. The molecule has 0 heterocycles. The first-order valence-electron chi connectivity index (χ1n) is 12.9. The van der Waals surface area contributed by atoms with Crippen LogP contribution >= 0.6 is 0 Å². The van der Waals surface area contributed by atoms with Gasteiger partial charge in [-0.25, -0.2) is 0 Å². The smallest absolute Gasteiger partial charge is 0.0862 e. The molecule has 0 amide bonds. The van der Waals surface area contributed by atoms with Crippen LogP contribution in [0.15, 0.2) is 35.5 Å². The van der Waals surface area contributed by atoms with Crippen LogP contribution in [0.25, 0.3) is 0 Å². The molecule has 0 aromatic carbocycles. The number of rotatable bonds is 6. The number of allylic oxidation sites excluding steroid dienone is 3. The first kappa shape index (κ1) is 25.7. The first-order chi connectivity index (χ1) is 14.8. The minimum atomic E-state index is -0.701. The summed E-state index contributed by atoms with van der Waals surface area (Å²) in [5, 5.41) is 31.3. The monoisotopic (exact) mass is 444 g/mol. The van der Waals surface area contributed by atoms with Gasteiger partial charge in [0.05, 0.1) is 17.8 Å². The maximum atomic E-state index is 10.7. The molecule has 32 heavy (non-hydrogen) atoms. The quantitative estimate of drug-likeness (QED) is 0.448. The molecule has 3 aliphatic rings. The van der Waals surface area contributed by atoms with Crippen LogP contribution in [0.5, 0.6) is 0 Å². The van der Waals surface area contributed by atoms with Crippen molar-refractivity contribution in [1.82, 2.24) is 0 Å². The lowest BCUT2D eigenvalue weighted by Gasteiger charge is -2.44. The predicted molar refractivity (Wildman–Crippen MR) is 133 cm³/mol. The lowest BCUT2D eigenvalue weighted by Crippen LogP contribution is -2.45. The van der Waals surface area contributed by atoms with Gasteiger partial charge in [0.1, 0.15) is 0 Å². The lowest BCUT2D eigenvalue weighted by molar-refractivity contribution is -0.0404. The lowest BCUT2D eigenvalue weighted by atomic mass is 9.60. The van der Waals surface area contributed by atoms with Crippen molar-refractivity contribution in [3.63, 3.8) is 0 Å². The van der Waals surface area contributed by atoms with Gasteiger partial charge >= 0.3 is 0 Å². The molecular formula is C29H48O3. The molecule has 6 atom stereocenters. The fourth-order valence-electron chi connectivity index (χ4n) is 7.06. The predicted octanol–water partition coefficient (Wildman–Crippen LogP) is 6.34. The molecule has 182 valence electrons. The summed E-state index contributed by atoms with van der Waals surface area (Å²) < 4.78 is 0. The maximum absolute atomic E-state index is 10.7. The van der Waals surface area contributed by atoms with Crippen LogP contribution in [-0.2, 0) is 0 Å². The molecule has 3 fully saturated rings. The topological polar surface area (TPSA) is 60.7 Å². The summed E-state index contributed by atoms with van der Waals surface area (Å²) in [5.74, 6) is 2.08. The highest BCUT2D eigenvalue weighted by molar-refractivity contribution is 5.40. The summed E-state index contributed by atoms with van der Waals surface area (Å²) in [4.78, 5) is 0. The van der Waals surface area contributed by atoms with Crippen LogP contribution in [0.2, 0.25) is 0 Å². The average molecular weight is 445 g/mol. The Hall–Kier alpha value is -0.900. The van der Waals surface area contributed by atoms with Crippen LogP contribution in [0.1, 0.15) is 99.3 Å². The van der Waals surface area contributed by atoms with E-state index in [2.05, 4.69) is 32.6 Å². The molecule has 3 heteroatoms. The molecule has 2 unspecified atom stereocenters. The van der Waals surface area contributed by atoms with Crippen molar-refractivity contribution in [1.29, 1.82) is 0 Å². The molecule has 3 N–H and O–H groups in total. The van der Waals surface area contributed by atoms with Gasteiger partial charge < -0.3 is 15.3 Å². The van der Waals surface area contributed by atoms with E-state index in [9.17, 15) is 15.3 Å². The van der Waals surface area contributed by atoms with Crippen LogP contribution in [0.4, 0.5) is 0 Å². The van der Waals surface area contributed by atoms with E-state index in [1.54, 1.807) is 5.57 Å². The van der Waals surface area contributed by atoms with Gasteiger partial charge in [0.15, 0.2) is 0 Å². The van der Waals surface area contributed by atoms with Crippen LogP contribution < -0.4 is 0 Å². The van der Waals surface area contributed by atoms with E-state index in [-0.39, 0.29) is 0 Å². The molecule has 3 saturated carbocycles. The van der Waals surface area contributed by atoms with Gasteiger partial charge in [-0.3, -0.25) is 0 Å². The van der Waals surface area contributed by atoms with E-state index in [0.717, 1.165) is 36.3 Å². The van der Waals surface area contributed by atoms with Crippen LogP contribution in [0.3, 0.4) is 0 Å². The van der Waals surface area contributed by atoms with E-state index in [1.165, 1.54) is 32.1 Å². The van der Waals surface area contributed by atoms with Crippen molar-refractivity contribution in [3.8, 4) is 0 Å². The van der Waals surface area contributed by atoms with Gasteiger partial charge in [-0.05, 0) is 93.1 Å². The van der Waals surface area contributed by atoms with E-state index in [1.807, 2.05) is 27.7 Å². The fraction of sp³-hybridized carbons (Fsp3) is 0.793. The fourth-order valence-corrected chi connectivity index (χ4v) is 7.06. The molecule has 0 aromatic heterocycles. The largest absolute Gasteiger partial charge is 0.392 e. The third kappa shape index (κ3) is 5.10. The molecule has 0 saturated heterocycles. The Kier molecular flexibility index (Phi) is 7.55. The first-order valence-corrected chi connectivity index (χ1v) is 12.9. The van der Waals surface area contributed by atoms with Gasteiger partial charge in [0.25, 0.3) is 0 Å². The minimum absolute atomic E-state index is 0.362. The molecule has 3 nitrogen and oxygen atoms in total. The third-order valence-corrected chi connectivity index (χ3v) is 9.39. The number of aliphatic hydroxyl groups excluding tert-OH is 2. The van der Waals surface area contributed by atoms with Crippen molar-refractivity contribution in [3.05, 3.63) is 35.5 Å². The zero-order valence-corrected chi connectivity index (χ0v) is 21.5. The highest BCUT2D eigenvalue weighted by Gasteiger charge is 2.50. The second kappa shape index (κ2) is 9.39. The van der Waals surface area contributed by atoms with Gasteiger partial charge in [0, 0.05) is 5.41 Å². The molecule has 3 rings (SSSR count). The van der Waals surface area contributed by atoms with Gasteiger partial charge in [-0.2, -0.15) is 0 Å². The van der Waals surface area contributed by atoms with E-state index < -0.39 is 23.2 Å². The van der Waals surface area contributed by atoms with E-state index in [0.29, 0.717) is 23.7 Å². The molecule has 0 spiro atoms. The van der Waals surface area contributed by atoms with Gasteiger partial charge in [-0.1, -0.05) is 64.8 Å². The maximum Gasteiger partial charge on any atom is 0.0862 e. The zero-order chi connectivity index (χ0) is 23.9. The normalized spacial score (nSPS) is 38.8. The van der Waals surface area contributed by atoms with Crippen molar-refractivity contribution in [2.24, 2.45) is 28.6 Å². The minimum Gasteiger partial charge on any atom is -0.392 e. The summed E-state index contributed by atoms with van der Waals surface area (Å²) in [6.45, 7) is 16.8. The average Bonchev–Trinajstić information content (AvgIpc) is 3.05. The third-order valence-electron chi connectivity index (χ3n) is 9.39. The van der Waals surface area contributed by atoms with Crippen molar-refractivity contribution in [2.75, 3.05) is 0 Å². The Balaban J connectivity index is 1.72. The molecule has 3 aliphatic carbocycles. The van der Waals surface area contributed by atoms with E-state index >= 15 is 0 Å². The summed E-state index contributed by atoms with van der Waals surface area (Å²) in [6, 6.07) is 0. The van der Waals surface area contributed by atoms with Crippen molar-refractivity contribution < 1.29 is 15.3 Å². The molecule has 0 aromatic rings. The molecule has 0 bridgehead atoms. The Morgan fingerprint density at radius 2 is 1.84 bits per heavy atom. The Morgan fingerprint density at radius 3 is 2.50 bits per heavy atom. The second-order valence-corrected chi connectivity index (χ2v) is 12.7. The van der Waals surface area contributed by atoms with Crippen molar-refractivity contribution in [2.45, 2.75) is 117 Å². The highest BCUT2D eigenvalue weighted by atomic mass is 16.3. The Morgan fingerprint density at radius 1 is 1.16 bits per heavy atom. The molecular weight excluding hydrogens is 396 g/mol. The van der Waals surface area contributed by atoms with E-state index in [4.69, 9.17) is 0 Å². The molecule has 0 aliphatic heterocycles. The standard InChI is InChI=1S/C29H48O3/c1-19(10-8-16-27(3,4)32)23-14-15-24-21(11-9-17-29(23,24)7)12-13-22-18-25(30)28(5,6)26(31)20(22)2/h12-13,19,23-26,30-32H,2,8-11,14-18H2,1,3-7H3/b21-12+,22-13-/t19-,23?,24?,25+,26-,29-/m1/s1. The summed E-state index contributed by atoms with van der Waals surface area (Å²) in [7, 11) is 0. The Labute approximate surface area is 196 Å². The second-order valence-electron chi connectivity index (χ2n) is 12.7. The van der Waals surface area contributed by atoms with Crippen LogP contribution in [-0.4, -0.2) is 33.1 Å². The zero-order valence-electron chi connectivity index (χ0n) is 21.5. The highest BCUT2D eigenvalue weighted by Crippen LogP contribution is 2.60. The number of aliphatic hydroxyl groups is 3. The Bertz CT molecular complexity index is 753. The van der Waals surface area contributed by atoms with Gasteiger partial charge in [-0.15, -0.1) is 0 Å². The molecule has 0 radical (unpaired) electrons. The summed E-state index contributed by atoms with van der Waals surface area (Å²) >= 11 is 0. The van der Waals surface area contributed by atoms with Crippen LogP contribution in [0, 0.1) is 28.6 Å². The van der Waals surface area contributed by atoms with Gasteiger partial charge in [0.2, 0.25) is 0 Å². The SMILES string of the molecule is C=C1/C(=C\C=C2/CCC[C@@]3(C)C2CCC3[C@H](C)CCCC(C)(C)O)C[C@H](O)C(C)(C)[C@@H]1O. The number of hydrogen-bond acceptors (Lipinski definition) is 3. The van der Waals surface area contributed by atoms with Crippen molar-refractivity contribution >= 4 is 0 Å². The number of hydrogen-bond donors (Lipinski definition) is 3. The summed E-state index contributed by atoms with van der Waals surface area (Å²) in [6.07, 6.45) is 13.2. The summed E-state index contributed by atoms with van der Waals surface area (Å²) in [5.41, 5.74) is 2.57.